The Labute approximate surface area is 228 Å². The smallest absolute Gasteiger partial charge is 0.338 e. The van der Waals surface area contributed by atoms with Crippen LogP contribution in [-0.2, 0) is 9.47 Å². The van der Waals surface area contributed by atoms with Crippen molar-refractivity contribution < 1.29 is 33.6 Å². The summed E-state index contributed by atoms with van der Waals surface area (Å²) in [6.07, 6.45) is 10.1. The average Bonchev–Trinajstić information content (AvgIpc) is 2.94. The third-order valence-electron chi connectivity index (χ3n) is 5.57. The molecule has 0 radical (unpaired) electrons. The van der Waals surface area contributed by atoms with Crippen molar-refractivity contribution in [1.29, 1.82) is 0 Å². The zero-order valence-electron chi connectivity index (χ0n) is 23.4. The highest BCUT2D eigenvalue weighted by molar-refractivity contribution is 5.89. The van der Waals surface area contributed by atoms with Crippen LogP contribution in [0.4, 0.5) is 0 Å². The first kappa shape index (κ1) is 33.0. The number of esters is 2. The number of unbranched alkanes of at least 4 members (excludes halogenated alkanes) is 7. The Bertz CT molecular complexity index is 789. The minimum atomic E-state index is -0.307. The van der Waals surface area contributed by atoms with Crippen LogP contribution in [0.5, 0.6) is 11.5 Å². The molecule has 0 fully saturated rings. The van der Waals surface area contributed by atoms with Crippen LogP contribution in [0.3, 0.4) is 0 Å². The molecule has 2 aromatic carbocycles. The topological polar surface area (TPSA) is 91.3 Å². The average molecular weight is 531 g/mol. The quantitative estimate of drug-likeness (QED) is 0.164. The maximum Gasteiger partial charge on any atom is 0.338 e. The minimum Gasteiger partial charge on any atom is -0.494 e. The SMILES string of the molecule is CCCCCCCOc1ccc(C(=O)OCC)cc1.CCOC(=O)c1ccc(OCCCCCCO)cc1. The van der Waals surface area contributed by atoms with Gasteiger partial charge in [0.1, 0.15) is 11.5 Å². The van der Waals surface area contributed by atoms with Crippen LogP contribution in [0, 0.1) is 0 Å². The lowest BCUT2D eigenvalue weighted by molar-refractivity contribution is 0.0516. The number of carbonyl (C=O) groups is 2. The molecule has 0 aromatic heterocycles. The first-order valence-electron chi connectivity index (χ1n) is 14.0. The number of aliphatic hydroxyl groups is 1. The molecule has 7 heteroatoms. The number of benzene rings is 2. The van der Waals surface area contributed by atoms with Gasteiger partial charge < -0.3 is 24.1 Å². The second-order valence-corrected chi connectivity index (χ2v) is 8.74. The van der Waals surface area contributed by atoms with E-state index in [1.165, 1.54) is 25.7 Å². The van der Waals surface area contributed by atoms with E-state index in [1.807, 2.05) is 12.1 Å². The molecular weight excluding hydrogens is 484 g/mol. The maximum atomic E-state index is 11.5. The molecule has 0 saturated carbocycles. The molecule has 0 saturated heterocycles. The molecule has 38 heavy (non-hydrogen) atoms. The van der Waals surface area contributed by atoms with Crippen LogP contribution in [0.15, 0.2) is 48.5 Å². The highest BCUT2D eigenvalue weighted by Crippen LogP contribution is 2.15. The van der Waals surface area contributed by atoms with Gasteiger partial charge in [0.05, 0.1) is 37.6 Å². The standard InChI is InChI=1S/C16H24O3.C15H22O4/c1-3-5-6-7-8-13-19-15-11-9-14(10-12-15)16(17)18-4-2;1-2-18-15(17)13-7-9-14(10-8-13)19-12-6-4-3-5-11-16/h9-12H,3-8,13H2,1-2H3;7-10,16H,2-6,11-12H2,1H3. The molecule has 0 heterocycles. The lowest BCUT2D eigenvalue weighted by atomic mass is 10.2. The van der Waals surface area contributed by atoms with E-state index in [0.717, 1.165) is 50.2 Å². The van der Waals surface area contributed by atoms with Crippen LogP contribution in [-0.4, -0.2) is 50.1 Å². The number of aliphatic hydroxyl groups excluding tert-OH is 1. The Morgan fingerprint density at radius 3 is 1.34 bits per heavy atom. The van der Waals surface area contributed by atoms with E-state index in [1.54, 1.807) is 50.2 Å². The van der Waals surface area contributed by atoms with Crippen LogP contribution in [0.1, 0.15) is 99.3 Å². The van der Waals surface area contributed by atoms with Crippen molar-refractivity contribution in [3.05, 3.63) is 59.7 Å². The molecule has 7 nitrogen and oxygen atoms in total. The van der Waals surface area contributed by atoms with Gasteiger partial charge in [0.15, 0.2) is 0 Å². The van der Waals surface area contributed by atoms with Crippen molar-refractivity contribution in [3.63, 3.8) is 0 Å². The van der Waals surface area contributed by atoms with Gasteiger partial charge in [-0.15, -0.1) is 0 Å². The van der Waals surface area contributed by atoms with E-state index >= 15 is 0 Å². The Morgan fingerprint density at radius 2 is 0.974 bits per heavy atom. The number of rotatable bonds is 18. The van der Waals surface area contributed by atoms with E-state index in [4.69, 9.17) is 24.1 Å². The zero-order valence-corrected chi connectivity index (χ0v) is 23.4. The molecule has 2 aromatic rings. The molecule has 212 valence electrons. The fourth-order valence-electron chi connectivity index (χ4n) is 3.46. The summed E-state index contributed by atoms with van der Waals surface area (Å²) in [6, 6.07) is 14.1. The molecule has 2 rings (SSSR count). The molecule has 0 aliphatic heterocycles. The van der Waals surface area contributed by atoms with Gasteiger partial charge in [-0.05, 0) is 88.1 Å². The van der Waals surface area contributed by atoms with Crippen LogP contribution >= 0.6 is 0 Å². The number of hydrogen-bond acceptors (Lipinski definition) is 7. The van der Waals surface area contributed by atoms with Crippen molar-refractivity contribution in [1.82, 2.24) is 0 Å². The monoisotopic (exact) mass is 530 g/mol. The lowest BCUT2D eigenvalue weighted by Crippen LogP contribution is -2.04. The maximum absolute atomic E-state index is 11.5. The molecule has 0 unspecified atom stereocenters. The summed E-state index contributed by atoms with van der Waals surface area (Å²) in [5.41, 5.74) is 1.11. The summed E-state index contributed by atoms with van der Waals surface area (Å²) in [5, 5.41) is 8.64. The van der Waals surface area contributed by atoms with Gasteiger partial charge in [0.25, 0.3) is 0 Å². The van der Waals surface area contributed by atoms with Crippen LogP contribution in [0.25, 0.3) is 0 Å². The first-order chi connectivity index (χ1) is 18.5. The van der Waals surface area contributed by atoms with Gasteiger partial charge in [0, 0.05) is 6.61 Å². The first-order valence-corrected chi connectivity index (χ1v) is 14.0. The third-order valence-corrected chi connectivity index (χ3v) is 5.57. The summed E-state index contributed by atoms with van der Waals surface area (Å²) >= 11 is 0. The molecule has 0 amide bonds. The number of ether oxygens (including phenoxy) is 4. The van der Waals surface area contributed by atoms with Crippen molar-refractivity contribution >= 4 is 11.9 Å². The summed E-state index contributed by atoms with van der Waals surface area (Å²) in [4.78, 5) is 22.9. The second-order valence-electron chi connectivity index (χ2n) is 8.74. The predicted molar refractivity (Wildman–Crippen MR) is 150 cm³/mol. The summed E-state index contributed by atoms with van der Waals surface area (Å²) in [7, 11) is 0. The Morgan fingerprint density at radius 1 is 0.579 bits per heavy atom. The Hall–Kier alpha value is -3.06. The fraction of sp³-hybridized carbons (Fsp3) is 0.548. The van der Waals surface area contributed by atoms with E-state index in [0.29, 0.717) is 30.9 Å². The zero-order chi connectivity index (χ0) is 27.8. The van der Waals surface area contributed by atoms with Crippen LogP contribution in [0.2, 0.25) is 0 Å². The van der Waals surface area contributed by atoms with Crippen molar-refractivity contribution in [2.24, 2.45) is 0 Å². The molecule has 0 aliphatic carbocycles. The van der Waals surface area contributed by atoms with E-state index in [-0.39, 0.29) is 18.5 Å². The van der Waals surface area contributed by atoms with Crippen molar-refractivity contribution in [3.8, 4) is 11.5 Å². The minimum absolute atomic E-state index is 0.260. The Kier molecular flexibility index (Phi) is 19.1. The Balaban J connectivity index is 0.000000380. The highest BCUT2D eigenvalue weighted by Gasteiger charge is 2.06. The lowest BCUT2D eigenvalue weighted by Gasteiger charge is -2.07. The van der Waals surface area contributed by atoms with Gasteiger partial charge >= 0.3 is 11.9 Å². The summed E-state index contributed by atoms with van der Waals surface area (Å²) < 4.78 is 21.0. The van der Waals surface area contributed by atoms with Gasteiger partial charge in [0.2, 0.25) is 0 Å². The van der Waals surface area contributed by atoms with Crippen molar-refractivity contribution in [2.45, 2.75) is 78.6 Å². The molecule has 1 N–H and O–H groups in total. The fourth-order valence-corrected chi connectivity index (χ4v) is 3.46. The van der Waals surface area contributed by atoms with Crippen LogP contribution < -0.4 is 9.47 Å². The van der Waals surface area contributed by atoms with E-state index in [9.17, 15) is 9.59 Å². The summed E-state index contributed by atoms with van der Waals surface area (Å²) in [5.74, 6) is 0.977. The molecule has 0 aliphatic rings. The summed E-state index contributed by atoms with van der Waals surface area (Å²) in [6.45, 7) is 8.23. The number of hydrogen-bond donors (Lipinski definition) is 1. The van der Waals surface area contributed by atoms with Gasteiger partial charge in [-0.3, -0.25) is 0 Å². The second kappa shape index (κ2) is 22.0. The highest BCUT2D eigenvalue weighted by atomic mass is 16.5. The van der Waals surface area contributed by atoms with Gasteiger partial charge in [-0.1, -0.05) is 39.0 Å². The molecular formula is C31H46O7. The third kappa shape index (κ3) is 15.3. The van der Waals surface area contributed by atoms with Gasteiger partial charge in [-0.2, -0.15) is 0 Å². The molecule has 0 spiro atoms. The molecule has 0 bridgehead atoms. The van der Waals surface area contributed by atoms with E-state index < -0.39 is 0 Å². The van der Waals surface area contributed by atoms with Gasteiger partial charge in [-0.25, -0.2) is 9.59 Å². The molecule has 0 atom stereocenters. The largest absolute Gasteiger partial charge is 0.494 e. The number of carbonyl (C=O) groups excluding carboxylic acids is 2. The van der Waals surface area contributed by atoms with E-state index in [2.05, 4.69) is 6.92 Å². The normalized spacial score (nSPS) is 10.2. The van der Waals surface area contributed by atoms with Crippen molar-refractivity contribution in [2.75, 3.05) is 33.0 Å². The predicted octanol–water partition coefficient (Wildman–Crippen LogP) is 7.01.